The first-order chi connectivity index (χ1) is 5.91. The third-order valence-corrected chi connectivity index (χ3v) is 1.99. The predicted molar refractivity (Wildman–Crippen MR) is 55.9 cm³/mol. The van der Waals surface area contributed by atoms with E-state index >= 15 is 0 Å². The SMILES string of the molecule is C=C=NCCCCCCCCC. The number of unbranched alkanes of at least 4 members (excludes halogenated alkanes) is 6. The first-order valence-corrected chi connectivity index (χ1v) is 5.10. The largest absolute Gasteiger partial charge is 0.244 e. The molecule has 0 fully saturated rings. The van der Waals surface area contributed by atoms with Crippen molar-refractivity contribution in [2.75, 3.05) is 6.54 Å². The fourth-order valence-electron chi connectivity index (χ4n) is 1.23. The van der Waals surface area contributed by atoms with Crippen molar-refractivity contribution in [2.24, 2.45) is 4.99 Å². The first-order valence-electron chi connectivity index (χ1n) is 5.10. The van der Waals surface area contributed by atoms with E-state index in [0.29, 0.717) is 0 Å². The standard InChI is InChI=1S/C11H21N/c1-3-5-6-7-8-9-10-11-12-4-2/h2-3,5-11H2,1H3. The van der Waals surface area contributed by atoms with Crippen molar-refractivity contribution in [1.29, 1.82) is 0 Å². The van der Waals surface area contributed by atoms with Crippen LogP contribution in [-0.4, -0.2) is 12.4 Å². The Bertz CT molecular complexity index is 123. The smallest absolute Gasteiger partial charge is 0.0483 e. The number of nitrogens with zero attached hydrogens (tertiary/aromatic N) is 1. The Hall–Kier alpha value is -0.550. The van der Waals surface area contributed by atoms with Gasteiger partial charge in [-0.15, -0.1) is 0 Å². The summed E-state index contributed by atoms with van der Waals surface area (Å²) < 4.78 is 0. The highest BCUT2D eigenvalue weighted by molar-refractivity contribution is 5.46. The topological polar surface area (TPSA) is 12.4 Å². The summed E-state index contributed by atoms with van der Waals surface area (Å²) in [5.41, 5.74) is 0. The van der Waals surface area contributed by atoms with E-state index in [-0.39, 0.29) is 0 Å². The lowest BCUT2D eigenvalue weighted by molar-refractivity contribution is 0.593. The molecule has 0 atom stereocenters. The van der Waals surface area contributed by atoms with Crippen LogP contribution in [0.1, 0.15) is 51.9 Å². The number of aliphatic imine (C=N–C) groups is 1. The normalized spacial score (nSPS) is 9.42. The molecule has 0 aliphatic rings. The van der Waals surface area contributed by atoms with Gasteiger partial charge in [-0.1, -0.05) is 45.4 Å². The van der Waals surface area contributed by atoms with Gasteiger partial charge in [0.1, 0.15) is 0 Å². The maximum atomic E-state index is 3.94. The third kappa shape index (κ3) is 9.45. The highest BCUT2D eigenvalue weighted by atomic mass is 14.7. The molecular formula is C11H21N. The molecule has 0 spiro atoms. The average Bonchev–Trinajstić information content (AvgIpc) is 2.10. The molecule has 1 nitrogen and oxygen atoms in total. The van der Waals surface area contributed by atoms with Crippen LogP contribution in [-0.2, 0) is 0 Å². The van der Waals surface area contributed by atoms with Crippen LogP contribution >= 0.6 is 0 Å². The summed E-state index contributed by atoms with van der Waals surface area (Å²) in [5.74, 6) is 2.55. The van der Waals surface area contributed by atoms with Crippen LogP contribution in [0.25, 0.3) is 0 Å². The van der Waals surface area contributed by atoms with E-state index in [1.54, 1.807) is 0 Å². The summed E-state index contributed by atoms with van der Waals surface area (Å²) in [6.45, 7) is 6.59. The zero-order chi connectivity index (χ0) is 9.07. The average molecular weight is 167 g/mol. The van der Waals surface area contributed by atoms with Crippen LogP contribution < -0.4 is 0 Å². The molecule has 0 unspecified atom stereocenters. The molecule has 0 saturated carbocycles. The van der Waals surface area contributed by atoms with Crippen LogP contribution in [0.15, 0.2) is 11.6 Å². The molecule has 0 aromatic heterocycles. The van der Waals surface area contributed by atoms with Crippen molar-refractivity contribution in [3.05, 3.63) is 6.58 Å². The molecule has 0 amide bonds. The summed E-state index contributed by atoms with van der Waals surface area (Å²) >= 11 is 0. The predicted octanol–water partition coefficient (Wildman–Crippen LogP) is 3.59. The Morgan fingerprint density at radius 3 is 2.17 bits per heavy atom. The third-order valence-electron chi connectivity index (χ3n) is 1.99. The van der Waals surface area contributed by atoms with Gasteiger partial charge in [-0.25, -0.2) is 4.99 Å². The minimum absolute atomic E-state index is 0.914. The van der Waals surface area contributed by atoms with Gasteiger partial charge in [0.25, 0.3) is 0 Å². The van der Waals surface area contributed by atoms with E-state index in [9.17, 15) is 0 Å². The van der Waals surface area contributed by atoms with Gasteiger partial charge >= 0.3 is 0 Å². The van der Waals surface area contributed by atoms with E-state index in [4.69, 9.17) is 0 Å². The number of hydrogen-bond donors (Lipinski definition) is 0. The fraction of sp³-hybridized carbons (Fsp3) is 0.818. The Kier molecular flexibility index (Phi) is 9.97. The van der Waals surface area contributed by atoms with Gasteiger partial charge < -0.3 is 0 Å². The molecule has 0 bridgehead atoms. The minimum Gasteiger partial charge on any atom is -0.244 e. The number of hydrogen-bond acceptors (Lipinski definition) is 1. The molecule has 0 aromatic carbocycles. The zero-order valence-corrected chi connectivity index (χ0v) is 8.31. The summed E-state index contributed by atoms with van der Waals surface area (Å²) in [6, 6.07) is 0. The monoisotopic (exact) mass is 167 g/mol. The van der Waals surface area contributed by atoms with Crippen LogP contribution in [0.3, 0.4) is 0 Å². The second-order valence-electron chi connectivity index (χ2n) is 3.16. The summed E-state index contributed by atoms with van der Waals surface area (Å²) in [6.07, 6.45) is 9.41. The Labute approximate surface area is 76.6 Å². The highest BCUT2D eigenvalue weighted by Gasteiger charge is 1.88. The van der Waals surface area contributed by atoms with Crippen LogP contribution in [0.5, 0.6) is 0 Å². The van der Waals surface area contributed by atoms with Gasteiger partial charge in [-0.3, -0.25) is 0 Å². The maximum Gasteiger partial charge on any atom is 0.0483 e. The molecule has 0 rings (SSSR count). The van der Waals surface area contributed by atoms with Crippen molar-refractivity contribution < 1.29 is 0 Å². The van der Waals surface area contributed by atoms with Gasteiger partial charge in [0.2, 0.25) is 0 Å². The van der Waals surface area contributed by atoms with Crippen LogP contribution in [0.4, 0.5) is 0 Å². The van der Waals surface area contributed by atoms with E-state index in [1.165, 1.54) is 44.9 Å². The second-order valence-corrected chi connectivity index (χ2v) is 3.16. The summed E-state index contributed by atoms with van der Waals surface area (Å²) in [7, 11) is 0. The van der Waals surface area contributed by atoms with Gasteiger partial charge in [0.15, 0.2) is 0 Å². The van der Waals surface area contributed by atoms with Gasteiger partial charge in [-0.2, -0.15) is 0 Å². The molecule has 0 radical (unpaired) electrons. The molecular weight excluding hydrogens is 146 g/mol. The lowest BCUT2D eigenvalue weighted by atomic mass is 10.1. The van der Waals surface area contributed by atoms with E-state index in [2.05, 4.69) is 24.4 Å². The van der Waals surface area contributed by atoms with Crippen molar-refractivity contribution >= 4 is 5.87 Å². The lowest BCUT2D eigenvalue weighted by Crippen LogP contribution is -1.82. The van der Waals surface area contributed by atoms with Crippen LogP contribution in [0, 0.1) is 0 Å². The Morgan fingerprint density at radius 2 is 1.58 bits per heavy atom. The quantitative estimate of drug-likeness (QED) is 0.387. The molecule has 0 N–H and O–H groups in total. The van der Waals surface area contributed by atoms with E-state index < -0.39 is 0 Å². The minimum atomic E-state index is 0.914. The molecule has 12 heavy (non-hydrogen) atoms. The Morgan fingerprint density at radius 1 is 1.00 bits per heavy atom. The van der Waals surface area contributed by atoms with Crippen molar-refractivity contribution in [1.82, 2.24) is 0 Å². The molecule has 0 heterocycles. The molecule has 0 aliphatic heterocycles. The van der Waals surface area contributed by atoms with Crippen molar-refractivity contribution in [3.63, 3.8) is 0 Å². The van der Waals surface area contributed by atoms with Gasteiger partial charge in [0, 0.05) is 6.54 Å². The molecule has 1 heteroatoms. The van der Waals surface area contributed by atoms with E-state index in [1.807, 2.05) is 0 Å². The molecule has 0 aromatic rings. The highest BCUT2D eigenvalue weighted by Crippen LogP contribution is 2.06. The van der Waals surface area contributed by atoms with Crippen molar-refractivity contribution in [3.8, 4) is 0 Å². The molecule has 0 aliphatic carbocycles. The lowest BCUT2D eigenvalue weighted by Gasteiger charge is -1.97. The van der Waals surface area contributed by atoms with Crippen molar-refractivity contribution in [2.45, 2.75) is 51.9 Å². The number of rotatable bonds is 8. The van der Waals surface area contributed by atoms with E-state index in [0.717, 1.165) is 6.54 Å². The first kappa shape index (κ1) is 11.4. The van der Waals surface area contributed by atoms with Gasteiger partial charge in [-0.05, 0) is 18.9 Å². The zero-order valence-electron chi connectivity index (χ0n) is 8.31. The summed E-state index contributed by atoms with van der Waals surface area (Å²) in [4.78, 5) is 3.94. The molecule has 0 saturated heterocycles. The fourth-order valence-corrected chi connectivity index (χ4v) is 1.23. The summed E-state index contributed by atoms with van der Waals surface area (Å²) in [5, 5.41) is 0. The van der Waals surface area contributed by atoms with Gasteiger partial charge in [0.05, 0.1) is 0 Å². The molecule has 70 valence electrons. The van der Waals surface area contributed by atoms with Crippen LogP contribution in [0.2, 0.25) is 0 Å². The second kappa shape index (κ2) is 10.4. The maximum absolute atomic E-state index is 3.94. The Balaban J connectivity index is 2.86.